The van der Waals surface area contributed by atoms with Crippen LogP contribution in [-0.2, 0) is 0 Å². The first kappa shape index (κ1) is 10.9. The Morgan fingerprint density at radius 1 is 0.786 bits per heavy atom. The molecule has 0 aromatic heterocycles. The summed E-state index contributed by atoms with van der Waals surface area (Å²) >= 11 is -3.30. The molecular weight excluding hydrogens is 354 g/mol. The quantitative estimate of drug-likeness (QED) is 0.680. The van der Waals surface area contributed by atoms with Crippen LogP contribution in [0.15, 0.2) is 42.5 Å². The molecule has 2 rings (SSSR count). The molecule has 14 heavy (non-hydrogen) atoms. The van der Waals surface area contributed by atoms with Crippen LogP contribution in [0.1, 0.15) is 0 Å². The van der Waals surface area contributed by atoms with Crippen molar-refractivity contribution in [1.29, 1.82) is 0 Å². The van der Waals surface area contributed by atoms with E-state index < -0.39 is 14.8 Å². The maximum atomic E-state index is 6.06. The minimum absolute atomic E-state index is 0.913. The molecule has 0 aliphatic carbocycles. The molecule has 0 amide bonds. The predicted molar refractivity (Wildman–Crippen MR) is 66.9 cm³/mol. The summed E-state index contributed by atoms with van der Waals surface area (Å²) in [5.41, 5.74) is 0. The van der Waals surface area contributed by atoms with E-state index in [9.17, 15) is 0 Å². The Morgan fingerprint density at radius 3 is 2.14 bits per heavy atom. The van der Waals surface area contributed by atoms with Crippen LogP contribution in [0.25, 0.3) is 10.8 Å². The van der Waals surface area contributed by atoms with Gasteiger partial charge in [-0.3, -0.25) is 0 Å². The molecule has 0 unspecified atom stereocenters. The molecule has 0 atom stereocenters. The van der Waals surface area contributed by atoms with Crippen LogP contribution in [0, 0.1) is 0 Å². The van der Waals surface area contributed by atoms with Crippen LogP contribution in [0.5, 0.6) is 0 Å². The second kappa shape index (κ2) is 4.08. The number of benzene rings is 2. The normalized spacial score (nSPS) is 13.1. The van der Waals surface area contributed by atoms with E-state index >= 15 is 0 Å². The molecular formula is C10H7Cl3Te. The summed E-state index contributed by atoms with van der Waals surface area (Å²) in [7, 11) is 18.2. The van der Waals surface area contributed by atoms with E-state index in [-0.39, 0.29) is 0 Å². The summed E-state index contributed by atoms with van der Waals surface area (Å²) in [6.07, 6.45) is 0. The fourth-order valence-electron chi connectivity index (χ4n) is 1.40. The van der Waals surface area contributed by atoms with Crippen molar-refractivity contribution < 1.29 is 0 Å². The van der Waals surface area contributed by atoms with Crippen molar-refractivity contribution in [2.45, 2.75) is 0 Å². The molecule has 0 aliphatic heterocycles. The Morgan fingerprint density at radius 2 is 1.43 bits per heavy atom. The molecule has 0 N–H and O–H groups in total. The topological polar surface area (TPSA) is 0 Å². The average molecular weight is 361 g/mol. The Kier molecular flexibility index (Phi) is 3.17. The third kappa shape index (κ3) is 2.13. The average Bonchev–Trinajstić information content (AvgIpc) is 2.15. The van der Waals surface area contributed by atoms with E-state index in [0.29, 0.717) is 0 Å². The Bertz CT molecular complexity index is 457. The van der Waals surface area contributed by atoms with E-state index in [1.165, 1.54) is 0 Å². The van der Waals surface area contributed by atoms with E-state index in [1.54, 1.807) is 0 Å². The van der Waals surface area contributed by atoms with E-state index in [2.05, 4.69) is 0 Å². The summed E-state index contributed by atoms with van der Waals surface area (Å²) in [6, 6.07) is 13.8. The van der Waals surface area contributed by atoms with E-state index in [0.717, 1.165) is 14.4 Å². The van der Waals surface area contributed by atoms with Gasteiger partial charge >= 0.3 is 98.6 Å². The second-order valence-corrected chi connectivity index (χ2v) is 19.0. The third-order valence-electron chi connectivity index (χ3n) is 2.00. The van der Waals surface area contributed by atoms with Crippen LogP contribution < -0.4 is 3.61 Å². The maximum absolute atomic E-state index is 6.06. The molecule has 0 fully saturated rings. The van der Waals surface area contributed by atoms with Gasteiger partial charge in [0, 0.05) is 0 Å². The molecule has 0 spiro atoms. The Labute approximate surface area is 97.8 Å². The SMILES string of the molecule is Cl[Te](Cl)(Cl)c1cccc2ccccc12. The van der Waals surface area contributed by atoms with Gasteiger partial charge in [-0.05, 0) is 0 Å². The van der Waals surface area contributed by atoms with Crippen molar-refractivity contribution in [2.75, 3.05) is 0 Å². The predicted octanol–water partition coefficient (Wildman–Crippen LogP) is 3.70. The van der Waals surface area contributed by atoms with Crippen LogP contribution in [-0.4, -0.2) is 14.8 Å². The van der Waals surface area contributed by atoms with Crippen molar-refractivity contribution in [3.05, 3.63) is 42.5 Å². The zero-order valence-corrected chi connectivity index (χ0v) is 11.7. The van der Waals surface area contributed by atoms with E-state index in [1.807, 2.05) is 42.5 Å². The number of halogens is 3. The molecule has 2 aromatic carbocycles. The number of hydrogen-bond donors (Lipinski definition) is 0. The number of fused-ring (bicyclic) bond motifs is 1. The van der Waals surface area contributed by atoms with Crippen LogP contribution in [0.2, 0.25) is 0 Å². The molecule has 0 aliphatic rings. The molecule has 0 radical (unpaired) electrons. The fourth-order valence-corrected chi connectivity index (χ4v) is 6.01. The van der Waals surface area contributed by atoms with Gasteiger partial charge in [-0.1, -0.05) is 0 Å². The molecule has 0 nitrogen and oxygen atoms in total. The first-order valence-corrected chi connectivity index (χ1v) is 14.0. The van der Waals surface area contributed by atoms with Gasteiger partial charge in [-0.2, -0.15) is 0 Å². The van der Waals surface area contributed by atoms with Gasteiger partial charge in [0.25, 0.3) is 0 Å². The second-order valence-electron chi connectivity index (χ2n) is 2.88. The van der Waals surface area contributed by atoms with Gasteiger partial charge in [0.1, 0.15) is 0 Å². The summed E-state index contributed by atoms with van der Waals surface area (Å²) in [4.78, 5) is 0. The number of hydrogen-bond acceptors (Lipinski definition) is 0. The first-order valence-electron chi connectivity index (χ1n) is 3.99. The fraction of sp³-hybridized carbons (Fsp3) is 0. The summed E-state index contributed by atoms with van der Waals surface area (Å²) < 4.78 is 0.913. The Balaban J connectivity index is 2.78. The van der Waals surface area contributed by atoms with Gasteiger partial charge in [-0.15, -0.1) is 0 Å². The van der Waals surface area contributed by atoms with Crippen molar-refractivity contribution >= 4 is 56.1 Å². The van der Waals surface area contributed by atoms with Gasteiger partial charge in [-0.25, -0.2) is 0 Å². The number of rotatable bonds is 1. The van der Waals surface area contributed by atoms with Crippen LogP contribution in [0.4, 0.5) is 0 Å². The van der Waals surface area contributed by atoms with Crippen molar-refractivity contribution in [3.8, 4) is 0 Å². The van der Waals surface area contributed by atoms with Crippen LogP contribution in [0.3, 0.4) is 0 Å². The van der Waals surface area contributed by atoms with Crippen molar-refractivity contribution in [2.24, 2.45) is 0 Å². The van der Waals surface area contributed by atoms with Gasteiger partial charge in [0.15, 0.2) is 0 Å². The van der Waals surface area contributed by atoms with E-state index in [4.69, 9.17) is 26.9 Å². The van der Waals surface area contributed by atoms with Gasteiger partial charge in [0.2, 0.25) is 0 Å². The minimum atomic E-state index is -3.30. The van der Waals surface area contributed by atoms with Gasteiger partial charge in [0.05, 0.1) is 0 Å². The van der Waals surface area contributed by atoms with Crippen molar-refractivity contribution in [3.63, 3.8) is 0 Å². The first-order chi connectivity index (χ1) is 6.59. The van der Waals surface area contributed by atoms with Gasteiger partial charge < -0.3 is 0 Å². The Hall–Kier alpha value is 0.360. The molecule has 0 saturated heterocycles. The summed E-state index contributed by atoms with van der Waals surface area (Å²) in [5, 5.41) is 2.19. The summed E-state index contributed by atoms with van der Waals surface area (Å²) in [6.45, 7) is 0. The standard InChI is InChI=1S/C10H7Cl3Te/c11-14(12,13)10-7-3-5-8-4-1-2-6-9(8)10/h1-7H. The molecule has 0 heterocycles. The van der Waals surface area contributed by atoms with Crippen LogP contribution >= 0.6 is 26.9 Å². The molecule has 74 valence electrons. The monoisotopic (exact) mass is 362 g/mol. The van der Waals surface area contributed by atoms with Crippen molar-refractivity contribution in [1.82, 2.24) is 0 Å². The summed E-state index contributed by atoms with van der Waals surface area (Å²) in [5.74, 6) is 0. The molecule has 0 saturated carbocycles. The molecule has 2 aromatic rings. The zero-order valence-electron chi connectivity index (χ0n) is 7.08. The zero-order chi connectivity index (χ0) is 10.2. The third-order valence-corrected chi connectivity index (χ3v) is 7.78. The molecule has 0 bridgehead atoms. The molecule has 4 heteroatoms.